The minimum Gasteiger partial charge on any atom is -0.399 e. The Hall–Kier alpha value is -2.14. The number of carbonyl (C=O) groups is 1. The largest absolute Gasteiger partial charge is 0.399 e. The minimum atomic E-state index is -0.867. The minimum absolute atomic E-state index is 0.284. The van der Waals surface area contributed by atoms with E-state index in [2.05, 4.69) is 0 Å². The van der Waals surface area contributed by atoms with E-state index in [1.165, 1.54) is 4.90 Å². The van der Waals surface area contributed by atoms with Crippen LogP contribution < -0.4 is 10.6 Å². The third-order valence-corrected chi connectivity index (χ3v) is 3.27. The van der Waals surface area contributed by atoms with Gasteiger partial charge >= 0.3 is 0 Å². The number of hydrogen-bond donors (Lipinski definition) is 1. The van der Waals surface area contributed by atoms with E-state index in [0.717, 1.165) is 12.1 Å². The molecule has 1 amide bonds. The van der Waals surface area contributed by atoms with Gasteiger partial charge in [0, 0.05) is 17.9 Å². The fourth-order valence-corrected chi connectivity index (χ4v) is 2.12. The van der Waals surface area contributed by atoms with Crippen LogP contribution in [0, 0.1) is 11.6 Å². The fourth-order valence-electron chi connectivity index (χ4n) is 1.97. The highest BCUT2D eigenvalue weighted by Gasteiger charge is 2.21. The van der Waals surface area contributed by atoms with Crippen molar-refractivity contribution in [2.45, 2.75) is 6.92 Å². The third kappa shape index (κ3) is 3.13. The Morgan fingerprint density at radius 1 is 1.24 bits per heavy atom. The Morgan fingerprint density at radius 2 is 1.95 bits per heavy atom. The van der Waals surface area contributed by atoms with Gasteiger partial charge in [-0.1, -0.05) is 17.7 Å². The van der Waals surface area contributed by atoms with E-state index < -0.39 is 17.5 Å². The van der Waals surface area contributed by atoms with Crippen molar-refractivity contribution in [2.75, 3.05) is 17.2 Å². The molecule has 0 aliphatic rings. The molecule has 2 N–H and O–H groups in total. The van der Waals surface area contributed by atoms with Gasteiger partial charge in [-0.05, 0) is 37.3 Å². The molecule has 2 rings (SSSR count). The Balaban J connectivity index is 2.44. The molecule has 0 bridgehead atoms. The number of carbonyl (C=O) groups excluding carboxylic acids is 1. The molecule has 0 unspecified atom stereocenters. The number of halogens is 3. The second kappa shape index (κ2) is 6.10. The standard InChI is InChI=1S/C15H13ClF2N2O/c1-2-20(10-5-3-4-9(19)6-10)15(21)11-7-14(18)12(16)8-13(11)17/h3-8H,2,19H2,1H3. The third-order valence-electron chi connectivity index (χ3n) is 2.98. The van der Waals surface area contributed by atoms with E-state index in [9.17, 15) is 13.6 Å². The number of hydrogen-bond acceptors (Lipinski definition) is 2. The van der Waals surface area contributed by atoms with Crippen LogP contribution in [0.25, 0.3) is 0 Å². The van der Waals surface area contributed by atoms with Crippen LogP contribution in [0.3, 0.4) is 0 Å². The Labute approximate surface area is 125 Å². The molecular formula is C15H13ClF2N2O. The van der Waals surface area contributed by atoms with Crippen molar-refractivity contribution < 1.29 is 13.6 Å². The topological polar surface area (TPSA) is 46.3 Å². The summed E-state index contributed by atoms with van der Waals surface area (Å²) in [6.07, 6.45) is 0. The number of anilines is 2. The van der Waals surface area contributed by atoms with Gasteiger partial charge in [0.2, 0.25) is 0 Å². The summed E-state index contributed by atoms with van der Waals surface area (Å²) in [5, 5.41) is -0.365. The average Bonchev–Trinajstić information content (AvgIpc) is 2.43. The van der Waals surface area contributed by atoms with Crippen molar-refractivity contribution in [1.82, 2.24) is 0 Å². The lowest BCUT2D eigenvalue weighted by Crippen LogP contribution is -2.31. The molecule has 0 fully saturated rings. The van der Waals surface area contributed by atoms with E-state index >= 15 is 0 Å². The predicted molar refractivity (Wildman–Crippen MR) is 79.6 cm³/mol. The summed E-state index contributed by atoms with van der Waals surface area (Å²) in [7, 11) is 0. The number of amides is 1. The molecule has 0 saturated carbocycles. The molecule has 110 valence electrons. The highest BCUT2D eigenvalue weighted by atomic mass is 35.5. The van der Waals surface area contributed by atoms with Gasteiger partial charge in [-0.25, -0.2) is 8.78 Å². The molecule has 21 heavy (non-hydrogen) atoms. The van der Waals surface area contributed by atoms with Gasteiger partial charge in [-0.2, -0.15) is 0 Å². The van der Waals surface area contributed by atoms with Crippen LogP contribution in [-0.2, 0) is 0 Å². The highest BCUT2D eigenvalue weighted by Crippen LogP contribution is 2.24. The SMILES string of the molecule is CCN(C(=O)c1cc(F)c(Cl)cc1F)c1cccc(N)c1. The molecule has 0 radical (unpaired) electrons. The first-order valence-electron chi connectivity index (χ1n) is 6.26. The van der Waals surface area contributed by atoms with E-state index in [0.29, 0.717) is 11.4 Å². The maximum Gasteiger partial charge on any atom is 0.261 e. The van der Waals surface area contributed by atoms with Crippen molar-refractivity contribution in [1.29, 1.82) is 0 Å². The number of nitrogens with zero attached hydrogens (tertiary/aromatic N) is 1. The van der Waals surface area contributed by atoms with Crippen LogP contribution in [0.1, 0.15) is 17.3 Å². The van der Waals surface area contributed by atoms with E-state index in [1.807, 2.05) is 0 Å². The van der Waals surface area contributed by atoms with Crippen molar-refractivity contribution in [2.24, 2.45) is 0 Å². The van der Waals surface area contributed by atoms with Gasteiger partial charge < -0.3 is 10.6 Å². The Morgan fingerprint density at radius 3 is 2.57 bits per heavy atom. The molecule has 0 heterocycles. The normalized spacial score (nSPS) is 10.5. The van der Waals surface area contributed by atoms with Crippen molar-refractivity contribution in [3.05, 3.63) is 58.6 Å². The summed E-state index contributed by atoms with van der Waals surface area (Å²) in [4.78, 5) is 13.7. The zero-order valence-corrected chi connectivity index (χ0v) is 12.0. The number of nitrogen functional groups attached to an aromatic ring is 1. The lowest BCUT2D eigenvalue weighted by atomic mass is 10.1. The first kappa shape index (κ1) is 15.3. The van der Waals surface area contributed by atoms with Crippen LogP contribution in [0.2, 0.25) is 5.02 Å². The van der Waals surface area contributed by atoms with Gasteiger partial charge in [0.1, 0.15) is 11.6 Å². The lowest BCUT2D eigenvalue weighted by molar-refractivity contribution is 0.0984. The Kier molecular flexibility index (Phi) is 4.43. The molecule has 0 aromatic heterocycles. The zero-order valence-electron chi connectivity index (χ0n) is 11.2. The van der Waals surface area contributed by atoms with Crippen LogP contribution in [0.15, 0.2) is 36.4 Å². The van der Waals surface area contributed by atoms with E-state index in [-0.39, 0.29) is 17.1 Å². The quantitative estimate of drug-likeness (QED) is 0.691. The van der Waals surface area contributed by atoms with Crippen LogP contribution >= 0.6 is 11.6 Å². The van der Waals surface area contributed by atoms with Gasteiger partial charge in [-0.15, -0.1) is 0 Å². The number of rotatable bonds is 3. The first-order chi connectivity index (χ1) is 9.93. The number of nitrogens with two attached hydrogens (primary N) is 1. The van der Waals surface area contributed by atoms with Crippen molar-refractivity contribution in [3.63, 3.8) is 0 Å². The molecule has 0 aliphatic heterocycles. The monoisotopic (exact) mass is 310 g/mol. The van der Waals surface area contributed by atoms with Crippen LogP contribution in [-0.4, -0.2) is 12.5 Å². The van der Waals surface area contributed by atoms with Crippen LogP contribution in [0.4, 0.5) is 20.2 Å². The molecule has 0 saturated heterocycles. The summed E-state index contributed by atoms with van der Waals surface area (Å²) in [5.74, 6) is -2.37. The summed E-state index contributed by atoms with van der Waals surface area (Å²) in [6.45, 7) is 2.01. The average molecular weight is 311 g/mol. The van der Waals surface area contributed by atoms with E-state index in [1.54, 1.807) is 31.2 Å². The molecule has 2 aromatic carbocycles. The van der Waals surface area contributed by atoms with Gasteiger partial charge in [-0.3, -0.25) is 4.79 Å². The van der Waals surface area contributed by atoms with Crippen LogP contribution in [0.5, 0.6) is 0 Å². The highest BCUT2D eigenvalue weighted by molar-refractivity contribution is 6.30. The van der Waals surface area contributed by atoms with E-state index in [4.69, 9.17) is 17.3 Å². The molecule has 0 aliphatic carbocycles. The van der Waals surface area contributed by atoms with Gasteiger partial charge in [0.15, 0.2) is 0 Å². The van der Waals surface area contributed by atoms with Crippen molar-refractivity contribution in [3.8, 4) is 0 Å². The predicted octanol–water partition coefficient (Wildman–Crippen LogP) is 3.87. The van der Waals surface area contributed by atoms with Gasteiger partial charge in [0.05, 0.1) is 10.6 Å². The Bertz CT molecular complexity index is 691. The summed E-state index contributed by atoms with van der Waals surface area (Å²) < 4.78 is 27.3. The summed E-state index contributed by atoms with van der Waals surface area (Å²) >= 11 is 5.49. The molecule has 2 aromatic rings. The zero-order chi connectivity index (χ0) is 15.6. The lowest BCUT2D eigenvalue weighted by Gasteiger charge is -2.21. The summed E-state index contributed by atoms with van der Waals surface area (Å²) in [5.41, 5.74) is 6.29. The maximum atomic E-state index is 13.8. The molecular weight excluding hydrogens is 298 g/mol. The second-order valence-corrected chi connectivity index (χ2v) is 4.80. The second-order valence-electron chi connectivity index (χ2n) is 4.39. The molecule has 6 heteroatoms. The maximum absolute atomic E-state index is 13.8. The fraction of sp³-hybridized carbons (Fsp3) is 0.133. The smallest absolute Gasteiger partial charge is 0.261 e. The summed E-state index contributed by atoms with van der Waals surface area (Å²) in [6, 6.07) is 8.20. The first-order valence-corrected chi connectivity index (χ1v) is 6.63. The van der Waals surface area contributed by atoms with Crippen molar-refractivity contribution >= 4 is 28.9 Å². The molecule has 0 atom stereocenters. The number of benzene rings is 2. The van der Waals surface area contributed by atoms with Gasteiger partial charge in [0.25, 0.3) is 5.91 Å². The molecule has 0 spiro atoms. The molecule has 3 nitrogen and oxygen atoms in total.